The second-order valence-corrected chi connectivity index (χ2v) is 7.97. The first kappa shape index (κ1) is 20.4. The summed E-state index contributed by atoms with van der Waals surface area (Å²) in [4.78, 5) is 23.8. The van der Waals surface area contributed by atoms with Crippen molar-refractivity contribution in [3.05, 3.63) is 46.7 Å². The van der Waals surface area contributed by atoms with Crippen LogP contribution < -0.4 is 15.5 Å². The first-order valence-electron chi connectivity index (χ1n) is 9.72. The van der Waals surface area contributed by atoms with Crippen molar-refractivity contribution < 1.29 is 4.79 Å². The van der Waals surface area contributed by atoms with Gasteiger partial charge in [-0.05, 0) is 37.5 Å². The van der Waals surface area contributed by atoms with Gasteiger partial charge in [-0.15, -0.1) is 0 Å². The number of aromatic nitrogens is 2. The Kier molecular flexibility index (Phi) is 6.39. The lowest BCUT2D eigenvalue weighted by atomic mass is 9.78. The van der Waals surface area contributed by atoms with Gasteiger partial charge in [-0.2, -0.15) is 0 Å². The molecule has 150 valence electrons. The molecule has 0 atom stereocenters. The molecular formula is C21H28ClN5O. The molecule has 1 fully saturated rings. The lowest BCUT2D eigenvalue weighted by Crippen LogP contribution is -2.44. The number of aryl methyl sites for hydroxylation is 1. The summed E-state index contributed by atoms with van der Waals surface area (Å²) in [6, 6.07) is 9.61. The molecule has 1 heterocycles. The molecule has 2 aromatic rings. The molecule has 0 bridgehead atoms. The zero-order valence-corrected chi connectivity index (χ0v) is 17.5. The Balaban J connectivity index is 1.59. The summed E-state index contributed by atoms with van der Waals surface area (Å²) >= 11 is 6.02. The maximum Gasteiger partial charge on any atom is 0.230 e. The first-order chi connectivity index (χ1) is 13.4. The molecule has 1 aliphatic rings. The number of hydrogen-bond donors (Lipinski definition) is 2. The molecule has 1 amide bonds. The second kappa shape index (κ2) is 8.78. The molecule has 0 radical (unpaired) electrons. The van der Waals surface area contributed by atoms with Gasteiger partial charge in [0.2, 0.25) is 5.91 Å². The number of anilines is 2. The summed E-state index contributed by atoms with van der Waals surface area (Å²) in [5.41, 5.74) is 0.621. The van der Waals surface area contributed by atoms with Crippen molar-refractivity contribution in [2.75, 3.05) is 37.4 Å². The van der Waals surface area contributed by atoms with E-state index in [9.17, 15) is 4.79 Å². The van der Waals surface area contributed by atoms with E-state index in [2.05, 4.69) is 20.6 Å². The Bertz CT molecular complexity index is 816. The predicted octanol–water partition coefficient (Wildman–Crippen LogP) is 3.54. The van der Waals surface area contributed by atoms with E-state index in [1.165, 1.54) is 0 Å². The monoisotopic (exact) mass is 401 g/mol. The van der Waals surface area contributed by atoms with E-state index in [-0.39, 0.29) is 5.91 Å². The number of amides is 1. The van der Waals surface area contributed by atoms with E-state index < -0.39 is 5.41 Å². The summed E-state index contributed by atoms with van der Waals surface area (Å²) in [5, 5.41) is 7.08. The van der Waals surface area contributed by atoms with E-state index in [0.717, 1.165) is 42.9 Å². The zero-order chi connectivity index (χ0) is 20.1. The molecule has 2 N–H and O–H groups in total. The molecule has 1 aromatic carbocycles. The largest absolute Gasteiger partial charge is 0.368 e. The number of benzene rings is 1. The van der Waals surface area contributed by atoms with Gasteiger partial charge < -0.3 is 15.5 Å². The summed E-state index contributed by atoms with van der Waals surface area (Å²) < 4.78 is 0. The maximum atomic E-state index is 13.1. The van der Waals surface area contributed by atoms with Gasteiger partial charge in [0.1, 0.15) is 17.5 Å². The standard InChI is InChI=1S/C21H28ClN5O/c1-15-25-18(14-19(26-15)27(2)3)23-12-13-24-20(28)21(10-4-5-11-21)16-6-8-17(22)9-7-16/h6-9,14H,4-5,10-13H2,1-3H3,(H,24,28)(H,23,25,26). The SMILES string of the molecule is Cc1nc(NCCNC(=O)C2(c3ccc(Cl)cc3)CCCC2)cc(N(C)C)n1. The summed E-state index contributed by atoms with van der Waals surface area (Å²) in [6.07, 6.45) is 3.90. The summed E-state index contributed by atoms with van der Waals surface area (Å²) in [6.45, 7) is 3.01. The van der Waals surface area contributed by atoms with Crippen molar-refractivity contribution in [1.82, 2.24) is 15.3 Å². The third kappa shape index (κ3) is 4.55. The molecule has 1 aliphatic carbocycles. The first-order valence-corrected chi connectivity index (χ1v) is 10.1. The van der Waals surface area contributed by atoms with E-state index in [4.69, 9.17) is 11.6 Å². The number of carbonyl (C=O) groups is 1. The zero-order valence-electron chi connectivity index (χ0n) is 16.8. The summed E-state index contributed by atoms with van der Waals surface area (Å²) in [7, 11) is 3.90. The Morgan fingerprint density at radius 2 is 1.82 bits per heavy atom. The van der Waals surface area contributed by atoms with Crippen LogP contribution >= 0.6 is 11.6 Å². The van der Waals surface area contributed by atoms with Crippen LogP contribution in [-0.4, -0.2) is 43.1 Å². The highest BCUT2D eigenvalue weighted by molar-refractivity contribution is 6.30. The minimum atomic E-state index is -0.436. The van der Waals surface area contributed by atoms with Crippen LogP contribution in [0.1, 0.15) is 37.1 Å². The lowest BCUT2D eigenvalue weighted by molar-refractivity contribution is -0.126. The number of nitrogens with zero attached hydrogens (tertiary/aromatic N) is 3. The van der Waals surface area contributed by atoms with Crippen molar-refractivity contribution >= 4 is 29.1 Å². The molecule has 1 saturated carbocycles. The fraction of sp³-hybridized carbons (Fsp3) is 0.476. The van der Waals surface area contributed by atoms with Crippen molar-refractivity contribution in [2.45, 2.75) is 38.0 Å². The molecule has 28 heavy (non-hydrogen) atoms. The molecule has 0 spiro atoms. The molecular weight excluding hydrogens is 374 g/mol. The van der Waals surface area contributed by atoms with E-state index in [1.54, 1.807) is 0 Å². The second-order valence-electron chi connectivity index (χ2n) is 7.53. The van der Waals surface area contributed by atoms with Gasteiger partial charge in [0, 0.05) is 38.3 Å². The van der Waals surface area contributed by atoms with Crippen molar-refractivity contribution in [3.63, 3.8) is 0 Å². The van der Waals surface area contributed by atoms with Gasteiger partial charge in [-0.3, -0.25) is 4.79 Å². The van der Waals surface area contributed by atoms with Crippen LogP contribution in [-0.2, 0) is 10.2 Å². The Morgan fingerprint density at radius 3 is 2.46 bits per heavy atom. The number of nitrogens with one attached hydrogen (secondary N) is 2. The molecule has 1 aromatic heterocycles. The minimum absolute atomic E-state index is 0.0990. The van der Waals surface area contributed by atoms with E-state index in [0.29, 0.717) is 23.9 Å². The smallest absolute Gasteiger partial charge is 0.230 e. The quantitative estimate of drug-likeness (QED) is 0.694. The summed E-state index contributed by atoms with van der Waals surface area (Å²) in [5.74, 6) is 2.43. The van der Waals surface area contributed by atoms with E-state index in [1.807, 2.05) is 56.3 Å². The fourth-order valence-electron chi connectivity index (χ4n) is 3.80. The number of rotatable bonds is 7. The van der Waals surface area contributed by atoms with Gasteiger partial charge in [-0.25, -0.2) is 9.97 Å². The molecule has 0 saturated heterocycles. The average molecular weight is 402 g/mol. The fourth-order valence-corrected chi connectivity index (χ4v) is 3.93. The third-order valence-corrected chi connectivity index (χ3v) is 5.54. The third-order valence-electron chi connectivity index (χ3n) is 5.29. The van der Waals surface area contributed by atoms with Crippen LogP contribution in [0.5, 0.6) is 0 Å². The van der Waals surface area contributed by atoms with Gasteiger partial charge >= 0.3 is 0 Å². The highest BCUT2D eigenvalue weighted by Crippen LogP contribution is 2.41. The number of carbonyl (C=O) groups excluding carboxylic acids is 1. The predicted molar refractivity (Wildman–Crippen MR) is 114 cm³/mol. The van der Waals surface area contributed by atoms with Gasteiger partial charge in [0.25, 0.3) is 0 Å². The Hall–Kier alpha value is -2.34. The lowest BCUT2D eigenvalue weighted by Gasteiger charge is -2.28. The van der Waals surface area contributed by atoms with Gasteiger partial charge in [-0.1, -0.05) is 36.6 Å². The highest BCUT2D eigenvalue weighted by atomic mass is 35.5. The maximum absolute atomic E-state index is 13.1. The van der Waals surface area contributed by atoms with Crippen LogP contribution in [0.25, 0.3) is 0 Å². The van der Waals surface area contributed by atoms with Crippen LogP contribution in [0, 0.1) is 6.92 Å². The minimum Gasteiger partial charge on any atom is -0.368 e. The van der Waals surface area contributed by atoms with Gasteiger partial charge in [0.15, 0.2) is 0 Å². The molecule has 6 nitrogen and oxygen atoms in total. The van der Waals surface area contributed by atoms with Crippen molar-refractivity contribution in [1.29, 1.82) is 0 Å². The highest BCUT2D eigenvalue weighted by Gasteiger charge is 2.42. The van der Waals surface area contributed by atoms with E-state index >= 15 is 0 Å². The van der Waals surface area contributed by atoms with Crippen LogP contribution in [0.4, 0.5) is 11.6 Å². The van der Waals surface area contributed by atoms with Crippen LogP contribution in [0.15, 0.2) is 30.3 Å². The van der Waals surface area contributed by atoms with Crippen LogP contribution in [0.3, 0.4) is 0 Å². The molecule has 3 rings (SSSR count). The molecule has 7 heteroatoms. The Morgan fingerprint density at radius 1 is 1.14 bits per heavy atom. The average Bonchev–Trinajstić information content (AvgIpc) is 3.16. The van der Waals surface area contributed by atoms with Crippen molar-refractivity contribution in [3.8, 4) is 0 Å². The van der Waals surface area contributed by atoms with Crippen molar-refractivity contribution in [2.24, 2.45) is 0 Å². The molecule has 0 aliphatic heterocycles. The Labute approximate surface area is 171 Å². The number of hydrogen-bond acceptors (Lipinski definition) is 5. The van der Waals surface area contributed by atoms with Gasteiger partial charge in [0.05, 0.1) is 5.41 Å². The van der Waals surface area contributed by atoms with Crippen LogP contribution in [0.2, 0.25) is 5.02 Å². The normalized spacial score (nSPS) is 15.3. The number of halogens is 1. The molecule has 0 unspecified atom stereocenters. The topological polar surface area (TPSA) is 70.2 Å².